The van der Waals surface area contributed by atoms with Gasteiger partial charge in [0.25, 0.3) is 5.91 Å². The van der Waals surface area contributed by atoms with Crippen LogP contribution in [-0.2, 0) is 6.54 Å². The van der Waals surface area contributed by atoms with Crippen molar-refractivity contribution in [3.8, 4) is 0 Å². The maximum atomic E-state index is 13.9. The highest BCUT2D eigenvalue weighted by atomic mass is 32.1. The number of carbonyl (C=O) groups excluding carboxylic acids is 1. The zero-order valence-electron chi connectivity index (χ0n) is 19.6. The number of piperidine rings is 1. The predicted molar refractivity (Wildman–Crippen MR) is 137 cm³/mol. The number of likely N-dealkylation sites (tertiary alicyclic amines) is 1. The molecule has 1 saturated heterocycles. The number of carbonyl (C=O) groups is 1. The Morgan fingerprint density at radius 1 is 1.08 bits per heavy atom. The minimum Gasteiger partial charge on any atom is -0.366 e. The predicted octanol–water partition coefficient (Wildman–Crippen LogP) is 4.54. The standard InChI is InChI=1S/C25H25F2N7OS/c1-34-10-8-18(9-11-34)30-23(35)16-3-6-22(29-14-16)33-25-31-20-5-7-21(32-24(20)36-25)28-13-15-2-4-17(26)12-19(15)27/h2-7,12,14,18H,8-11,13H2,1H3,(H,28,32)(H,30,35)(H,29,31,33). The zero-order chi connectivity index (χ0) is 25.1. The molecule has 3 aromatic heterocycles. The molecular weight excluding hydrogens is 484 g/mol. The van der Waals surface area contributed by atoms with Gasteiger partial charge in [0.15, 0.2) is 5.13 Å². The Labute approximate surface area is 210 Å². The lowest BCUT2D eigenvalue weighted by Gasteiger charge is -2.29. The van der Waals surface area contributed by atoms with E-state index in [4.69, 9.17) is 0 Å². The number of hydrogen-bond donors (Lipinski definition) is 3. The van der Waals surface area contributed by atoms with Crippen LogP contribution < -0.4 is 16.0 Å². The molecule has 1 amide bonds. The first-order valence-electron chi connectivity index (χ1n) is 11.6. The summed E-state index contributed by atoms with van der Waals surface area (Å²) < 4.78 is 26.9. The van der Waals surface area contributed by atoms with Gasteiger partial charge in [0.1, 0.15) is 33.6 Å². The maximum Gasteiger partial charge on any atom is 0.253 e. The topological polar surface area (TPSA) is 95.1 Å². The first kappa shape index (κ1) is 24.0. The molecule has 5 rings (SSSR count). The molecule has 0 aliphatic carbocycles. The van der Waals surface area contributed by atoms with Crippen LogP contribution in [0.25, 0.3) is 10.3 Å². The fourth-order valence-electron chi connectivity index (χ4n) is 3.95. The van der Waals surface area contributed by atoms with Crippen molar-refractivity contribution < 1.29 is 13.6 Å². The summed E-state index contributed by atoms with van der Waals surface area (Å²) in [5, 5.41) is 9.89. The summed E-state index contributed by atoms with van der Waals surface area (Å²) in [6.45, 7) is 2.14. The van der Waals surface area contributed by atoms with Gasteiger partial charge in [-0.2, -0.15) is 0 Å². The van der Waals surface area contributed by atoms with Crippen LogP contribution in [0.2, 0.25) is 0 Å². The van der Waals surface area contributed by atoms with Crippen molar-refractivity contribution in [2.24, 2.45) is 0 Å². The van der Waals surface area contributed by atoms with Crippen LogP contribution in [0.1, 0.15) is 28.8 Å². The van der Waals surface area contributed by atoms with E-state index < -0.39 is 11.6 Å². The molecule has 1 aromatic carbocycles. The van der Waals surface area contributed by atoms with Crippen LogP contribution in [0.4, 0.5) is 25.5 Å². The van der Waals surface area contributed by atoms with Gasteiger partial charge in [0.05, 0.1) is 5.56 Å². The molecule has 0 atom stereocenters. The van der Waals surface area contributed by atoms with Gasteiger partial charge in [-0.05, 0) is 63.3 Å². The molecule has 0 saturated carbocycles. The first-order valence-corrected chi connectivity index (χ1v) is 12.4. The number of pyridine rings is 2. The number of amides is 1. The van der Waals surface area contributed by atoms with E-state index >= 15 is 0 Å². The smallest absolute Gasteiger partial charge is 0.253 e. The molecule has 11 heteroatoms. The highest BCUT2D eigenvalue weighted by Crippen LogP contribution is 2.28. The van der Waals surface area contributed by atoms with Crippen LogP contribution in [-0.4, -0.2) is 51.9 Å². The third kappa shape index (κ3) is 5.74. The number of benzene rings is 1. The first-order chi connectivity index (χ1) is 17.4. The van der Waals surface area contributed by atoms with E-state index in [1.165, 1.54) is 23.5 Å². The van der Waals surface area contributed by atoms with E-state index in [1.807, 2.05) is 6.07 Å². The van der Waals surface area contributed by atoms with Crippen molar-refractivity contribution in [3.05, 3.63) is 71.4 Å². The van der Waals surface area contributed by atoms with Gasteiger partial charge < -0.3 is 20.9 Å². The molecule has 0 spiro atoms. The van der Waals surface area contributed by atoms with E-state index in [9.17, 15) is 13.6 Å². The van der Waals surface area contributed by atoms with Crippen molar-refractivity contribution in [1.29, 1.82) is 0 Å². The Bertz CT molecular complexity index is 1370. The number of hydrogen-bond acceptors (Lipinski definition) is 8. The van der Waals surface area contributed by atoms with E-state index in [-0.39, 0.29) is 18.5 Å². The number of rotatable bonds is 7. The highest BCUT2D eigenvalue weighted by molar-refractivity contribution is 7.21. The lowest BCUT2D eigenvalue weighted by atomic mass is 10.1. The van der Waals surface area contributed by atoms with E-state index in [2.05, 4.69) is 42.8 Å². The van der Waals surface area contributed by atoms with Crippen LogP contribution in [0.3, 0.4) is 0 Å². The summed E-state index contributed by atoms with van der Waals surface area (Å²) in [6.07, 6.45) is 3.44. The molecule has 0 radical (unpaired) electrons. The summed E-state index contributed by atoms with van der Waals surface area (Å²) >= 11 is 1.35. The Balaban J connectivity index is 1.19. The number of anilines is 3. The molecule has 4 heterocycles. The third-order valence-electron chi connectivity index (χ3n) is 6.05. The van der Waals surface area contributed by atoms with Crippen molar-refractivity contribution in [3.63, 3.8) is 0 Å². The van der Waals surface area contributed by atoms with E-state index in [0.717, 1.165) is 32.0 Å². The van der Waals surface area contributed by atoms with Crippen LogP contribution in [0, 0.1) is 11.6 Å². The maximum absolute atomic E-state index is 13.9. The second-order valence-corrected chi connectivity index (χ2v) is 9.71. The van der Waals surface area contributed by atoms with Crippen molar-refractivity contribution in [1.82, 2.24) is 25.2 Å². The molecule has 8 nitrogen and oxygen atoms in total. The summed E-state index contributed by atoms with van der Waals surface area (Å²) in [6, 6.07) is 10.7. The Kier molecular flexibility index (Phi) is 7.01. The van der Waals surface area contributed by atoms with E-state index in [0.29, 0.717) is 38.2 Å². The number of nitrogens with one attached hydrogen (secondary N) is 3. The number of fused-ring (bicyclic) bond motifs is 1. The molecular formula is C25H25F2N7OS. The molecule has 0 unspecified atom stereocenters. The highest BCUT2D eigenvalue weighted by Gasteiger charge is 2.19. The van der Waals surface area contributed by atoms with Crippen molar-refractivity contribution in [2.75, 3.05) is 30.8 Å². The van der Waals surface area contributed by atoms with Crippen molar-refractivity contribution in [2.45, 2.75) is 25.4 Å². The lowest BCUT2D eigenvalue weighted by Crippen LogP contribution is -2.43. The molecule has 3 N–H and O–H groups in total. The summed E-state index contributed by atoms with van der Waals surface area (Å²) in [4.78, 5) is 28.9. The van der Waals surface area contributed by atoms with Gasteiger partial charge in [-0.3, -0.25) is 4.79 Å². The van der Waals surface area contributed by atoms with Crippen LogP contribution >= 0.6 is 11.3 Å². The van der Waals surface area contributed by atoms with Crippen LogP contribution in [0.15, 0.2) is 48.7 Å². The average Bonchev–Trinajstić information content (AvgIpc) is 3.27. The quantitative estimate of drug-likeness (QED) is 0.337. The van der Waals surface area contributed by atoms with Gasteiger partial charge >= 0.3 is 0 Å². The fourth-order valence-corrected chi connectivity index (χ4v) is 4.80. The summed E-state index contributed by atoms with van der Waals surface area (Å²) in [5.41, 5.74) is 1.56. The van der Waals surface area contributed by atoms with E-state index in [1.54, 1.807) is 24.4 Å². The Hall–Kier alpha value is -3.70. The molecule has 0 bridgehead atoms. The Morgan fingerprint density at radius 2 is 1.89 bits per heavy atom. The van der Waals surface area contributed by atoms with Gasteiger partial charge in [-0.1, -0.05) is 17.4 Å². The summed E-state index contributed by atoms with van der Waals surface area (Å²) in [5.74, 6) is -0.214. The largest absolute Gasteiger partial charge is 0.366 e. The normalized spacial score (nSPS) is 14.6. The number of nitrogens with zero attached hydrogens (tertiary/aromatic N) is 4. The third-order valence-corrected chi connectivity index (χ3v) is 6.93. The van der Waals surface area contributed by atoms with Gasteiger partial charge in [-0.25, -0.2) is 23.7 Å². The van der Waals surface area contributed by atoms with Gasteiger partial charge in [0, 0.05) is 30.4 Å². The zero-order valence-corrected chi connectivity index (χ0v) is 20.4. The fraction of sp³-hybridized carbons (Fsp3) is 0.280. The molecule has 1 aliphatic heterocycles. The minimum atomic E-state index is -0.611. The van der Waals surface area contributed by atoms with Gasteiger partial charge in [-0.15, -0.1) is 0 Å². The molecule has 36 heavy (non-hydrogen) atoms. The molecule has 4 aromatic rings. The molecule has 186 valence electrons. The number of halogens is 2. The average molecular weight is 510 g/mol. The molecule has 1 aliphatic rings. The number of aromatic nitrogens is 3. The number of thiazole rings is 1. The monoisotopic (exact) mass is 509 g/mol. The Morgan fingerprint density at radius 3 is 2.64 bits per heavy atom. The SMILES string of the molecule is CN1CCC(NC(=O)c2ccc(Nc3nc4ccc(NCc5ccc(F)cc5F)nc4s3)nc2)CC1. The minimum absolute atomic E-state index is 0.117. The van der Waals surface area contributed by atoms with Crippen LogP contribution in [0.5, 0.6) is 0 Å². The van der Waals surface area contributed by atoms with Crippen molar-refractivity contribution >= 4 is 44.4 Å². The second kappa shape index (κ2) is 10.5. The molecule has 1 fully saturated rings. The second-order valence-electron chi connectivity index (χ2n) is 8.74. The lowest BCUT2D eigenvalue weighted by molar-refractivity contribution is 0.0916. The summed E-state index contributed by atoms with van der Waals surface area (Å²) in [7, 11) is 2.09. The van der Waals surface area contributed by atoms with Gasteiger partial charge in [0.2, 0.25) is 0 Å².